The van der Waals surface area contributed by atoms with Crippen molar-refractivity contribution >= 4 is 5.97 Å². The molecule has 0 amide bonds. The van der Waals surface area contributed by atoms with E-state index in [2.05, 4.69) is 12.2 Å². The minimum Gasteiger partial charge on any atom is -0.494 e. The number of hydrogen-bond donors (Lipinski definition) is 2. The van der Waals surface area contributed by atoms with Gasteiger partial charge in [0, 0.05) is 19.0 Å². The van der Waals surface area contributed by atoms with Gasteiger partial charge in [-0.3, -0.25) is 4.79 Å². The number of ether oxygens (including phenoxy) is 1. The van der Waals surface area contributed by atoms with E-state index < -0.39 is 5.97 Å². The van der Waals surface area contributed by atoms with Crippen LogP contribution in [-0.2, 0) is 4.79 Å². The Labute approximate surface area is 107 Å². The highest BCUT2D eigenvalue weighted by molar-refractivity contribution is 5.72. The fourth-order valence-corrected chi connectivity index (χ4v) is 2.32. The van der Waals surface area contributed by atoms with Crippen molar-refractivity contribution in [3.63, 3.8) is 0 Å². The highest BCUT2D eigenvalue weighted by Crippen LogP contribution is 2.29. The summed E-state index contributed by atoms with van der Waals surface area (Å²) in [6, 6.07) is 7.78. The van der Waals surface area contributed by atoms with Crippen LogP contribution in [0.5, 0.6) is 5.75 Å². The van der Waals surface area contributed by atoms with E-state index in [4.69, 9.17) is 9.84 Å². The van der Waals surface area contributed by atoms with E-state index in [-0.39, 0.29) is 11.8 Å². The van der Waals surface area contributed by atoms with Crippen molar-refractivity contribution in [1.82, 2.24) is 5.32 Å². The smallest absolute Gasteiger partial charge is 0.308 e. The Morgan fingerprint density at radius 2 is 2.11 bits per heavy atom. The lowest BCUT2D eigenvalue weighted by Gasteiger charge is -2.15. The van der Waals surface area contributed by atoms with Gasteiger partial charge in [0.2, 0.25) is 0 Å². The Kier molecular flexibility index (Phi) is 4.20. The summed E-state index contributed by atoms with van der Waals surface area (Å²) in [6.45, 7) is 4.05. The van der Waals surface area contributed by atoms with Crippen LogP contribution in [0.25, 0.3) is 0 Å². The summed E-state index contributed by atoms with van der Waals surface area (Å²) >= 11 is 0. The van der Waals surface area contributed by atoms with Crippen LogP contribution in [0.1, 0.15) is 24.8 Å². The van der Waals surface area contributed by atoms with Crippen LogP contribution in [0, 0.1) is 5.92 Å². The summed E-state index contributed by atoms with van der Waals surface area (Å²) in [5.41, 5.74) is 1.07. The van der Waals surface area contributed by atoms with Gasteiger partial charge >= 0.3 is 5.97 Å². The summed E-state index contributed by atoms with van der Waals surface area (Å²) in [4.78, 5) is 11.1. The fraction of sp³-hybridized carbons (Fsp3) is 0.500. The molecule has 1 fully saturated rings. The Hall–Kier alpha value is -1.55. The quantitative estimate of drug-likeness (QED) is 0.836. The monoisotopic (exact) mass is 249 g/mol. The van der Waals surface area contributed by atoms with Gasteiger partial charge in [-0.1, -0.05) is 19.1 Å². The molecule has 98 valence electrons. The van der Waals surface area contributed by atoms with Crippen LogP contribution < -0.4 is 10.1 Å². The zero-order valence-electron chi connectivity index (χ0n) is 10.6. The van der Waals surface area contributed by atoms with Crippen molar-refractivity contribution < 1.29 is 14.6 Å². The Morgan fingerprint density at radius 3 is 2.72 bits per heavy atom. The molecule has 18 heavy (non-hydrogen) atoms. The molecular weight excluding hydrogens is 230 g/mol. The van der Waals surface area contributed by atoms with Crippen molar-refractivity contribution in [2.75, 3.05) is 19.7 Å². The van der Waals surface area contributed by atoms with Crippen LogP contribution in [0.15, 0.2) is 24.3 Å². The number of carbonyl (C=O) groups is 1. The summed E-state index contributed by atoms with van der Waals surface area (Å²) in [6.07, 6.45) is 0.982. The molecule has 2 rings (SSSR count). The zero-order chi connectivity index (χ0) is 13.0. The zero-order valence-corrected chi connectivity index (χ0v) is 10.6. The van der Waals surface area contributed by atoms with E-state index in [1.54, 1.807) is 0 Å². The molecule has 0 aliphatic carbocycles. The molecule has 0 saturated carbocycles. The average molecular weight is 249 g/mol. The predicted molar refractivity (Wildman–Crippen MR) is 69.0 cm³/mol. The van der Waals surface area contributed by atoms with Crippen molar-refractivity contribution in [1.29, 1.82) is 0 Å². The molecule has 2 unspecified atom stereocenters. The third-order valence-electron chi connectivity index (χ3n) is 3.31. The lowest BCUT2D eigenvalue weighted by atomic mass is 9.89. The Bertz CT molecular complexity index is 402. The van der Waals surface area contributed by atoms with E-state index in [1.165, 1.54) is 0 Å². The summed E-state index contributed by atoms with van der Waals surface area (Å²) in [5, 5.41) is 12.3. The van der Waals surface area contributed by atoms with Crippen LogP contribution in [0.3, 0.4) is 0 Å². The molecule has 1 aromatic carbocycles. The molecule has 1 aliphatic heterocycles. The molecule has 2 atom stereocenters. The number of carboxylic acid groups (broad SMARTS) is 1. The van der Waals surface area contributed by atoms with Crippen LogP contribution in [0.2, 0.25) is 0 Å². The molecule has 0 spiro atoms. The van der Waals surface area contributed by atoms with E-state index in [1.807, 2.05) is 24.3 Å². The highest BCUT2D eigenvalue weighted by Gasteiger charge is 2.33. The fourth-order valence-electron chi connectivity index (χ4n) is 2.32. The molecule has 1 saturated heterocycles. The topological polar surface area (TPSA) is 58.6 Å². The second kappa shape index (κ2) is 5.87. The van der Waals surface area contributed by atoms with E-state index in [9.17, 15) is 4.79 Å². The first-order valence-electron chi connectivity index (χ1n) is 6.38. The minimum atomic E-state index is -0.726. The molecule has 0 aromatic heterocycles. The molecular formula is C14H19NO3. The first kappa shape index (κ1) is 12.9. The second-order valence-electron chi connectivity index (χ2n) is 4.63. The number of aliphatic carboxylic acids is 1. The van der Waals surface area contributed by atoms with Gasteiger partial charge in [0.1, 0.15) is 5.75 Å². The maximum Gasteiger partial charge on any atom is 0.308 e. The predicted octanol–water partition coefficient (Wildman–Crippen LogP) is 1.86. The molecule has 1 aliphatic rings. The molecule has 1 heterocycles. The Morgan fingerprint density at radius 1 is 1.39 bits per heavy atom. The molecule has 4 heteroatoms. The van der Waals surface area contributed by atoms with E-state index in [0.29, 0.717) is 13.2 Å². The van der Waals surface area contributed by atoms with E-state index >= 15 is 0 Å². The molecule has 0 bridgehead atoms. The van der Waals surface area contributed by atoms with Crippen molar-refractivity contribution in [3.05, 3.63) is 29.8 Å². The number of rotatable bonds is 5. The summed E-state index contributed by atoms with van der Waals surface area (Å²) < 4.78 is 5.52. The maximum atomic E-state index is 11.1. The SMILES string of the molecule is CCCOc1ccc(C2CNCC2C(=O)O)cc1. The van der Waals surface area contributed by atoms with Crippen LogP contribution >= 0.6 is 0 Å². The number of benzene rings is 1. The molecule has 1 aromatic rings. The Balaban J connectivity index is 2.06. The summed E-state index contributed by atoms with van der Waals surface area (Å²) in [7, 11) is 0. The third-order valence-corrected chi connectivity index (χ3v) is 3.31. The molecule has 0 radical (unpaired) electrons. The van der Waals surface area contributed by atoms with Crippen LogP contribution in [-0.4, -0.2) is 30.8 Å². The lowest BCUT2D eigenvalue weighted by molar-refractivity contribution is -0.141. The average Bonchev–Trinajstić information content (AvgIpc) is 2.86. The van der Waals surface area contributed by atoms with Gasteiger partial charge in [-0.25, -0.2) is 0 Å². The third kappa shape index (κ3) is 2.82. The van der Waals surface area contributed by atoms with Gasteiger partial charge < -0.3 is 15.2 Å². The second-order valence-corrected chi connectivity index (χ2v) is 4.63. The van der Waals surface area contributed by atoms with Gasteiger partial charge in [-0.2, -0.15) is 0 Å². The van der Waals surface area contributed by atoms with Gasteiger partial charge in [-0.15, -0.1) is 0 Å². The highest BCUT2D eigenvalue weighted by atomic mass is 16.5. The maximum absolute atomic E-state index is 11.1. The molecule has 2 N–H and O–H groups in total. The standard InChI is InChI=1S/C14H19NO3/c1-2-7-18-11-5-3-10(4-6-11)12-8-15-9-13(12)14(16)17/h3-6,12-13,15H,2,7-9H2,1H3,(H,16,17). The van der Waals surface area contributed by atoms with Gasteiger partial charge in [0.25, 0.3) is 0 Å². The van der Waals surface area contributed by atoms with E-state index in [0.717, 1.165) is 24.3 Å². The van der Waals surface area contributed by atoms with Crippen molar-refractivity contribution in [2.45, 2.75) is 19.3 Å². The number of nitrogens with one attached hydrogen (secondary N) is 1. The number of hydrogen-bond acceptors (Lipinski definition) is 3. The first-order chi connectivity index (χ1) is 8.72. The van der Waals surface area contributed by atoms with Crippen molar-refractivity contribution in [2.24, 2.45) is 5.92 Å². The number of carboxylic acids is 1. The minimum absolute atomic E-state index is 0.0581. The summed E-state index contributed by atoms with van der Waals surface area (Å²) in [5.74, 6) is -0.148. The normalized spacial score (nSPS) is 22.9. The van der Waals surface area contributed by atoms with Crippen molar-refractivity contribution in [3.8, 4) is 5.75 Å². The lowest BCUT2D eigenvalue weighted by Crippen LogP contribution is -2.20. The van der Waals surface area contributed by atoms with Gasteiger partial charge in [-0.05, 0) is 24.1 Å². The molecule has 4 nitrogen and oxygen atoms in total. The van der Waals surface area contributed by atoms with Gasteiger partial charge in [0.15, 0.2) is 0 Å². The van der Waals surface area contributed by atoms with Crippen LogP contribution in [0.4, 0.5) is 0 Å². The largest absolute Gasteiger partial charge is 0.494 e. The van der Waals surface area contributed by atoms with Gasteiger partial charge in [0.05, 0.1) is 12.5 Å². The first-order valence-corrected chi connectivity index (χ1v) is 6.38.